The van der Waals surface area contributed by atoms with Crippen LogP contribution >= 0.6 is 0 Å². The van der Waals surface area contributed by atoms with E-state index >= 15 is 0 Å². The molecule has 0 fully saturated rings. The molecule has 0 aliphatic rings. The SMILES string of the molecule is CC(C)C(CCc1ccccc1)C(=O)[O-]. The van der Waals surface area contributed by atoms with Crippen molar-refractivity contribution < 1.29 is 9.90 Å². The van der Waals surface area contributed by atoms with Gasteiger partial charge in [-0.05, 0) is 24.3 Å². The number of hydrogen-bond donors (Lipinski definition) is 0. The molecule has 0 saturated heterocycles. The molecule has 0 radical (unpaired) electrons. The number of carboxylic acid groups (broad SMARTS) is 1. The van der Waals surface area contributed by atoms with Crippen LogP contribution in [0.5, 0.6) is 0 Å². The van der Waals surface area contributed by atoms with Gasteiger partial charge in [0, 0.05) is 11.9 Å². The van der Waals surface area contributed by atoms with Crippen molar-refractivity contribution in [2.75, 3.05) is 0 Å². The number of rotatable bonds is 5. The molecule has 1 aromatic carbocycles. The second kappa shape index (κ2) is 5.54. The number of benzene rings is 1. The van der Waals surface area contributed by atoms with E-state index in [1.54, 1.807) is 0 Å². The lowest BCUT2D eigenvalue weighted by Gasteiger charge is -2.21. The topological polar surface area (TPSA) is 40.1 Å². The molecule has 82 valence electrons. The molecule has 1 rings (SSSR count). The Balaban J connectivity index is 2.51. The predicted molar refractivity (Wildman–Crippen MR) is 58.1 cm³/mol. The lowest BCUT2D eigenvalue weighted by Crippen LogP contribution is -2.34. The van der Waals surface area contributed by atoms with Crippen LogP contribution in [0, 0.1) is 11.8 Å². The van der Waals surface area contributed by atoms with Gasteiger partial charge in [-0.1, -0.05) is 44.2 Å². The summed E-state index contributed by atoms with van der Waals surface area (Å²) in [7, 11) is 0. The predicted octanol–water partition coefficient (Wildman–Crippen LogP) is 1.64. The Morgan fingerprint density at radius 2 is 1.87 bits per heavy atom. The van der Waals surface area contributed by atoms with Crippen molar-refractivity contribution in [3.05, 3.63) is 35.9 Å². The molecular weight excluding hydrogens is 188 g/mol. The molecule has 0 heterocycles. The highest BCUT2D eigenvalue weighted by atomic mass is 16.4. The summed E-state index contributed by atoms with van der Waals surface area (Å²) in [6.07, 6.45) is 1.46. The van der Waals surface area contributed by atoms with E-state index in [-0.39, 0.29) is 11.8 Å². The summed E-state index contributed by atoms with van der Waals surface area (Å²) in [6, 6.07) is 9.94. The molecule has 0 amide bonds. The summed E-state index contributed by atoms with van der Waals surface area (Å²) in [5.41, 5.74) is 1.18. The highest BCUT2D eigenvalue weighted by Gasteiger charge is 2.14. The molecule has 0 saturated carbocycles. The van der Waals surface area contributed by atoms with E-state index in [4.69, 9.17) is 0 Å². The second-order valence-corrected chi connectivity index (χ2v) is 4.19. The summed E-state index contributed by atoms with van der Waals surface area (Å²) < 4.78 is 0. The molecular formula is C13H17O2-. The quantitative estimate of drug-likeness (QED) is 0.733. The maximum atomic E-state index is 10.9. The molecule has 0 aliphatic carbocycles. The fourth-order valence-electron chi connectivity index (χ4n) is 1.69. The minimum absolute atomic E-state index is 0.138. The van der Waals surface area contributed by atoms with Crippen LogP contribution < -0.4 is 5.11 Å². The fraction of sp³-hybridized carbons (Fsp3) is 0.462. The Morgan fingerprint density at radius 1 is 1.27 bits per heavy atom. The van der Waals surface area contributed by atoms with E-state index < -0.39 is 5.97 Å². The Labute approximate surface area is 90.9 Å². The highest BCUT2D eigenvalue weighted by molar-refractivity contribution is 5.67. The third-order valence-electron chi connectivity index (χ3n) is 2.69. The van der Waals surface area contributed by atoms with Crippen molar-refractivity contribution in [2.24, 2.45) is 11.8 Å². The van der Waals surface area contributed by atoms with Crippen LogP contribution in [0.2, 0.25) is 0 Å². The number of aliphatic carboxylic acids is 1. The molecule has 2 heteroatoms. The van der Waals surface area contributed by atoms with Crippen molar-refractivity contribution in [3.8, 4) is 0 Å². The molecule has 1 aromatic rings. The Bertz CT molecular complexity index is 304. The molecule has 15 heavy (non-hydrogen) atoms. The van der Waals surface area contributed by atoms with Crippen molar-refractivity contribution in [3.63, 3.8) is 0 Å². The van der Waals surface area contributed by atoms with Gasteiger partial charge < -0.3 is 9.90 Å². The highest BCUT2D eigenvalue weighted by Crippen LogP contribution is 2.17. The molecule has 0 N–H and O–H groups in total. The van der Waals surface area contributed by atoms with Gasteiger partial charge in [0.2, 0.25) is 0 Å². The standard InChI is InChI=1S/C13H18O2/c1-10(2)12(13(14)15)9-8-11-6-4-3-5-7-11/h3-7,10,12H,8-9H2,1-2H3,(H,14,15)/p-1. The van der Waals surface area contributed by atoms with E-state index in [9.17, 15) is 9.90 Å². The number of aryl methyl sites for hydroxylation is 1. The Morgan fingerprint density at radius 3 is 2.33 bits per heavy atom. The van der Waals surface area contributed by atoms with Gasteiger partial charge in [-0.3, -0.25) is 0 Å². The van der Waals surface area contributed by atoms with Gasteiger partial charge in [0.15, 0.2) is 0 Å². The van der Waals surface area contributed by atoms with Gasteiger partial charge in [0.1, 0.15) is 0 Å². The summed E-state index contributed by atoms with van der Waals surface area (Å²) in [6.45, 7) is 3.84. The number of hydrogen-bond acceptors (Lipinski definition) is 2. The van der Waals surface area contributed by atoms with Crippen molar-refractivity contribution >= 4 is 5.97 Å². The van der Waals surface area contributed by atoms with Gasteiger partial charge in [0.05, 0.1) is 0 Å². The number of carbonyl (C=O) groups is 1. The van der Waals surface area contributed by atoms with Crippen LogP contribution in [0.1, 0.15) is 25.8 Å². The molecule has 0 spiro atoms. The third-order valence-corrected chi connectivity index (χ3v) is 2.69. The minimum Gasteiger partial charge on any atom is -0.550 e. The Kier molecular flexibility index (Phi) is 4.35. The van der Waals surface area contributed by atoms with Crippen LogP contribution in [0.3, 0.4) is 0 Å². The van der Waals surface area contributed by atoms with Crippen molar-refractivity contribution in [1.29, 1.82) is 0 Å². The van der Waals surface area contributed by atoms with E-state index in [1.165, 1.54) is 5.56 Å². The largest absolute Gasteiger partial charge is 0.550 e. The molecule has 0 aromatic heterocycles. The fourth-order valence-corrected chi connectivity index (χ4v) is 1.69. The Hall–Kier alpha value is -1.31. The van der Waals surface area contributed by atoms with E-state index in [1.807, 2.05) is 44.2 Å². The maximum Gasteiger partial charge on any atom is 0.0447 e. The van der Waals surface area contributed by atoms with Crippen LogP contribution in [0.4, 0.5) is 0 Å². The van der Waals surface area contributed by atoms with E-state index in [2.05, 4.69) is 0 Å². The smallest absolute Gasteiger partial charge is 0.0447 e. The lowest BCUT2D eigenvalue weighted by atomic mass is 9.90. The van der Waals surface area contributed by atoms with Gasteiger partial charge >= 0.3 is 0 Å². The van der Waals surface area contributed by atoms with Crippen molar-refractivity contribution in [1.82, 2.24) is 0 Å². The minimum atomic E-state index is -0.930. The average molecular weight is 205 g/mol. The van der Waals surface area contributed by atoms with Gasteiger partial charge in [-0.15, -0.1) is 0 Å². The van der Waals surface area contributed by atoms with Crippen LogP contribution in [-0.4, -0.2) is 5.97 Å². The van der Waals surface area contributed by atoms with Gasteiger partial charge in [-0.25, -0.2) is 0 Å². The first-order valence-corrected chi connectivity index (χ1v) is 5.36. The van der Waals surface area contributed by atoms with Crippen LogP contribution in [0.25, 0.3) is 0 Å². The van der Waals surface area contributed by atoms with Gasteiger partial charge in [-0.2, -0.15) is 0 Å². The zero-order valence-electron chi connectivity index (χ0n) is 9.27. The summed E-state index contributed by atoms with van der Waals surface area (Å²) in [4.78, 5) is 10.9. The van der Waals surface area contributed by atoms with E-state index in [0.717, 1.165) is 6.42 Å². The first-order chi connectivity index (χ1) is 7.11. The number of carbonyl (C=O) groups excluding carboxylic acids is 1. The maximum absolute atomic E-state index is 10.9. The summed E-state index contributed by atoms with van der Waals surface area (Å²) >= 11 is 0. The monoisotopic (exact) mass is 205 g/mol. The lowest BCUT2D eigenvalue weighted by molar-refractivity contribution is -0.313. The third kappa shape index (κ3) is 3.74. The zero-order chi connectivity index (χ0) is 11.3. The van der Waals surface area contributed by atoms with E-state index in [0.29, 0.717) is 6.42 Å². The molecule has 0 aliphatic heterocycles. The second-order valence-electron chi connectivity index (χ2n) is 4.19. The average Bonchev–Trinajstić information content (AvgIpc) is 2.18. The van der Waals surface area contributed by atoms with Crippen molar-refractivity contribution in [2.45, 2.75) is 26.7 Å². The summed E-state index contributed by atoms with van der Waals surface area (Å²) in [5, 5.41) is 10.9. The molecule has 1 unspecified atom stereocenters. The molecule has 2 nitrogen and oxygen atoms in total. The van der Waals surface area contributed by atoms with Crippen LogP contribution in [-0.2, 0) is 11.2 Å². The molecule has 1 atom stereocenters. The normalized spacial score (nSPS) is 12.7. The van der Waals surface area contributed by atoms with Crippen LogP contribution in [0.15, 0.2) is 30.3 Å². The first kappa shape index (κ1) is 11.8. The number of carboxylic acids is 1. The zero-order valence-corrected chi connectivity index (χ0v) is 9.27. The summed E-state index contributed by atoms with van der Waals surface area (Å²) in [5.74, 6) is -1.13. The van der Waals surface area contributed by atoms with Gasteiger partial charge in [0.25, 0.3) is 0 Å². The first-order valence-electron chi connectivity index (χ1n) is 5.36. The molecule has 0 bridgehead atoms.